The van der Waals surface area contributed by atoms with Crippen LogP contribution in [0.2, 0.25) is 0 Å². The van der Waals surface area contributed by atoms with E-state index in [9.17, 15) is 8.78 Å². The van der Waals surface area contributed by atoms with Crippen LogP contribution in [-0.4, -0.2) is 55.3 Å². The van der Waals surface area contributed by atoms with Crippen molar-refractivity contribution in [3.05, 3.63) is 35.0 Å². The lowest BCUT2D eigenvalue weighted by molar-refractivity contribution is -0.0384. The monoisotopic (exact) mass is 443 g/mol. The normalized spacial score (nSPS) is 21.9. The average Bonchev–Trinajstić information content (AvgIpc) is 3.21. The topological polar surface area (TPSA) is 81.9 Å². The fourth-order valence-corrected chi connectivity index (χ4v) is 4.50. The number of alkyl halides is 2. The van der Waals surface area contributed by atoms with E-state index in [1.165, 1.54) is 0 Å². The van der Waals surface area contributed by atoms with Crippen LogP contribution >= 0.6 is 0 Å². The van der Waals surface area contributed by atoms with E-state index >= 15 is 0 Å². The van der Waals surface area contributed by atoms with Crippen LogP contribution in [0.3, 0.4) is 0 Å². The van der Waals surface area contributed by atoms with Gasteiger partial charge in [0, 0.05) is 44.1 Å². The Morgan fingerprint density at radius 1 is 1.06 bits per heavy atom. The number of rotatable bonds is 3. The van der Waals surface area contributed by atoms with Gasteiger partial charge < -0.3 is 9.64 Å². The Hall–Kier alpha value is -2.75. The molecule has 0 unspecified atom stereocenters. The second kappa shape index (κ2) is 7.99. The van der Waals surface area contributed by atoms with Gasteiger partial charge in [0.25, 0.3) is 0 Å². The largest absolute Gasteiger partial charge is 0.370 e. The molecular formula is C22H27F2N7O. The second-order valence-electron chi connectivity index (χ2n) is 8.86. The summed E-state index contributed by atoms with van der Waals surface area (Å²) in [5.74, 6) is -2.12. The van der Waals surface area contributed by atoms with Crippen molar-refractivity contribution in [2.45, 2.75) is 57.5 Å². The SMILES string of the molecule is Cc1nc2nc(N3CCO[C@@H](c4cnn(C)c4)C3)nc(C3CCC(F)(F)CC3)c2nc1C. The van der Waals surface area contributed by atoms with E-state index in [1.807, 2.05) is 27.1 Å². The summed E-state index contributed by atoms with van der Waals surface area (Å²) in [6.07, 6.45) is 4.12. The molecule has 0 amide bonds. The molecule has 5 rings (SSSR count). The van der Waals surface area contributed by atoms with Crippen LogP contribution in [0.15, 0.2) is 12.4 Å². The smallest absolute Gasteiger partial charge is 0.248 e. The number of fused-ring (bicyclic) bond motifs is 1. The van der Waals surface area contributed by atoms with Crippen molar-refractivity contribution in [3.63, 3.8) is 0 Å². The zero-order chi connectivity index (χ0) is 22.5. The van der Waals surface area contributed by atoms with Crippen LogP contribution < -0.4 is 4.90 Å². The summed E-state index contributed by atoms with van der Waals surface area (Å²) in [4.78, 5) is 21.1. The quantitative estimate of drug-likeness (QED) is 0.611. The molecule has 1 saturated heterocycles. The van der Waals surface area contributed by atoms with Gasteiger partial charge in [0.1, 0.15) is 11.6 Å². The first-order valence-electron chi connectivity index (χ1n) is 11.0. The Morgan fingerprint density at radius 2 is 1.81 bits per heavy atom. The van der Waals surface area contributed by atoms with Crippen molar-refractivity contribution >= 4 is 17.1 Å². The molecule has 0 bridgehead atoms. The molecule has 1 atom stereocenters. The van der Waals surface area contributed by atoms with E-state index in [-0.39, 0.29) is 24.9 Å². The molecule has 0 radical (unpaired) electrons. The highest BCUT2D eigenvalue weighted by Crippen LogP contribution is 2.42. The first-order valence-corrected chi connectivity index (χ1v) is 11.0. The lowest BCUT2D eigenvalue weighted by Crippen LogP contribution is -2.39. The van der Waals surface area contributed by atoms with E-state index in [1.54, 1.807) is 10.9 Å². The first kappa shape index (κ1) is 21.1. The zero-order valence-corrected chi connectivity index (χ0v) is 18.6. The highest BCUT2D eigenvalue weighted by molar-refractivity contribution is 5.75. The maximum atomic E-state index is 13.8. The predicted octanol–water partition coefficient (Wildman–Crippen LogP) is 3.64. The van der Waals surface area contributed by atoms with Crippen LogP contribution in [0, 0.1) is 13.8 Å². The van der Waals surface area contributed by atoms with Crippen molar-refractivity contribution in [1.29, 1.82) is 0 Å². The lowest BCUT2D eigenvalue weighted by Gasteiger charge is -2.33. The molecular weight excluding hydrogens is 416 g/mol. The van der Waals surface area contributed by atoms with Crippen molar-refractivity contribution in [1.82, 2.24) is 29.7 Å². The summed E-state index contributed by atoms with van der Waals surface area (Å²) in [6.45, 7) is 5.55. The minimum Gasteiger partial charge on any atom is -0.370 e. The second-order valence-corrected chi connectivity index (χ2v) is 8.86. The van der Waals surface area contributed by atoms with Crippen LogP contribution in [-0.2, 0) is 11.8 Å². The molecule has 3 aromatic rings. The maximum Gasteiger partial charge on any atom is 0.248 e. The fraction of sp³-hybridized carbons (Fsp3) is 0.591. The molecule has 32 heavy (non-hydrogen) atoms. The van der Waals surface area contributed by atoms with Gasteiger partial charge in [-0.1, -0.05) is 0 Å². The summed E-state index contributed by atoms with van der Waals surface area (Å²) in [6, 6.07) is 0. The molecule has 0 spiro atoms. The summed E-state index contributed by atoms with van der Waals surface area (Å²) in [5.41, 5.74) is 4.50. The average molecular weight is 444 g/mol. The number of hydrogen-bond acceptors (Lipinski definition) is 7. The molecule has 1 saturated carbocycles. The number of ether oxygens (including phenoxy) is 1. The number of aryl methyl sites for hydroxylation is 3. The summed E-state index contributed by atoms with van der Waals surface area (Å²) in [7, 11) is 1.87. The molecule has 1 aliphatic heterocycles. The summed E-state index contributed by atoms with van der Waals surface area (Å²) >= 11 is 0. The van der Waals surface area contributed by atoms with Gasteiger partial charge in [-0.15, -0.1) is 0 Å². The molecule has 170 valence electrons. The van der Waals surface area contributed by atoms with Crippen LogP contribution in [0.1, 0.15) is 60.4 Å². The minimum atomic E-state index is -2.60. The van der Waals surface area contributed by atoms with Crippen LogP contribution in [0.25, 0.3) is 11.2 Å². The molecule has 10 heteroatoms. The van der Waals surface area contributed by atoms with E-state index in [0.717, 1.165) is 22.6 Å². The lowest BCUT2D eigenvalue weighted by atomic mass is 9.84. The van der Waals surface area contributed by atoms with E-state index in [0.29, 0.717) is 49.7 Å². The molecule has 8 nitrogen and oxygen atoms in total. The Balaban J connectivity index is 1.52. The third-order valence-corrected chi connectivity index (χ3v) is 6.51. The number of halogens is 2. The highest BCUT2D eigenvalue weighted by Gasteiger charge is 2.37. The standard InChI is InChI=1S/C22H27F2N7O/c1-13-14(2)27-20-19(26-13)18(15-4-6-22(23,24)7-5-15)28-21(29-20)31-8-9-32-17(12-31)16-10-25-30(3)11-16/h10-11,15,17H,4-9,12H2,1-3H3/t17-/m1/s1. The fourth-order valence-electron chi connectivity index (χ4n) is 4.50. The molecule has 0 N–H and O–H groups in total. The van der Waals surface area contributed by atoms with Gasteiger partial charge in [-0.2, -0.15) is 10.1 Å². The van der Waals surface area contributed by atoms with Crippen molar-refractivity contribution in [2.24, 2.45) is 7.05 Å². The van der Waals surface area contributed by atoms with Gasteiger partial charge in [0.2, 0.25) is 11.9 Å². The maximum absolute atomic E-state index is 13.8. The van der Waals surface area contributed by atoms with Crippen molar-refractivity contribution in [2.75, 3.05) is 24.6 Å². The molecule has 0 aromatic carbocycles. The molecule has 4 heterocycles. The molecule has 2 fully saturated rings. The third kappa shape index (κ3) is 4.03. The number of hydrogen-bond donors (Lipinski definition) is 0. The third-order valence-electron chi connectivity index (χ3n) is 6.51. The van der Waals surface area contributed by atoms with Gasteiger partial charge in [-0.3, -0.25) is 4.68 Å². The number of aromatic nitrogens is 6. The van der Waals surface area contributed by atoms with Crippen molar-refractivity contribution in [3.8, 4) is 0 Å². The highest BCUT2D eigenvalue weighted by atomic mass is 19.3. The number of nitrogens with zero attached hydrogens (tertiary/aromatic N) is 7. The van der Waals surface area contributed by atoms with Gasteiger partial charge >= 0.3 is 0 Å². The van der Waals surface area contributed by atoms with E-state index < -0.39 is 5.92 Å². The van der Waals surface area contributed by atoms with E-state index in [2.05, 4.69) is 15.0 Å². The first-order chi connectivity index (χ1) is 15.3. The zero-order valence-electron chi connectivity index (χ0n) is 18.6. The Labute approximate surface area is 185 Å². The van der Waals surface area contributed by atoms with E-state index in [4.69, 9.17) is 19.7 Å². The number of anilines is 1. The molecule has 3 aromatic heterocycles. The molecule has 1 aliphatic carbocycles. The van der Waals surface area contributed by atoms with Gasteiger partial charge in [-0.05, 0) is 26.7 Å². The summed E-state index contributed by atoms with van der Waals surface area (Å²) < 4.78 is 35.3. The van der Waals surface area contributed by atoms with Crippen LogP contribution in [0.4, 0.5) is 14.7 Å². The Bertz CT molecular complexity index is 1140. The van der Waals surface area contributed by atoms with Gasteiger partial charge in [-0.25, -0.2) is 23.7 Å². The minimum absolute atomic E-state index is 0.0783. The molecule has 2 aliphatic rings. The Morgan fingerprint density at radius 3 is 2.53 bits per heavy atom. The number of morpholine rings is 1. The van der Waals surface area contributed by atoms with Gasteiger partial charge in [0.15, 0.2) is 5.65 Å². The van der Waals surface area contributed by atoms with Crippen LogP contribution in [0.5, 0.6) is 0 Å². The van der Waals surface area contributed by atoms with Crippen molar-refractivity contribution < 1.29 is 13.5 Å². The Kier molecular flexibility index (Phi) is 5.27. The summed E-state index contributed by atoms with van der Waals surface area (Å²) in [5, 5.41) is 4.24. The predicted molar refractivity (Wildman–Crippen MR) is 115 cm³/mol. The van der Waals surface area contributed by atoms with Gasteiger partial charge in [0.05, 0.1) is 36.4 Å².